The van der Waals surface area contributed by atoms with E-state index >= 15 is 0 Å². The van der Waals surface area contributed by atoms with Gasteiger partial charge in [0.05, 0.1) is 19.0 Å². The number of piperazine rings is 1. The zero-order chi connectivity index (χ0) is 10.7. The Labute approximate surface area is 90.5 Å². The van der Waals surface area contributed by atoms with Crippen molar-refractivity contribution in [3.05, 3.63) is 25.4 Å². The number of methoxy groups -OCH3 is 1. The summed E-state index contributed by atoms with van der Waals surface area (Å²) >= 11 is 0. The summed E-state index contributed by atoms with van der Waals surface area (Å²) in [7, 11) is 5.55. The molecule has 4 heteroatoms. The molecule has 0 aliphatic carbocycles. The highest BCUT2D eigenvalue weighted by Gasteiger charge is 2.11. The number of rotatable bonds is 2. The quantitative estimate of drug-likeness (QED) is 0.675. The van der Waals surface area contributed by atoms with E-state index in [4.69, 9.17) is 4.74 Å². The molecule has 2 rings (SSSR count). The van der Waals surface area contributed by atoms with E-state index < -0.39 is 0 Å². The molecule has 4 nitrogen and oxygen atoms in total. The van der Waals surface area contributed by atoms with E-state index in [1.807, 2.05) is 18.3 Å². The first-order chi connectivity index (χ1) is 7.29. The van der Waals surface area contributed by atoms with Crippen LogP contribution >= 0.6 is 0 Å². The second kappa shape index (κ2) is 4.49. The van der Waals surface area contributed by atoms with Crippen molar-refractivity contribution in [3.63, 3.8) is 0 Å². The van der Waals surface area contributed by atoms with Gasteiger partial charge in [-0.2, -0.15) is 0 Å². The van der Waals surface area contributed by atoms with E-state index in [0.29, 0.717) is 5.88 Å². The van der Waals surface area contributed by atoms with E-state index in [1.165, 1.54) is 0 Å². The summed E-state index contributed by atoms with van der Waals surface area (Å²) in [6, 6.07) is 3.94. The highest BCUT2D eigenvalue weighted by atomic mass is 16.5. The Morgan fingerprint density at radius 3 is 2.53 bits per heavy atom. The molecular formula is C11H16N3O-. The SMILES string of the molecule is [CH2-]N1CCN(c2ccc(OC)nc2)CC1. The van der Waals surface area contributed by atoms with Crippen LogP contribution in [-0.4, -0.2) is 43.2 Å². The van der Waals surface area contributed by atoms with Crippen molar-refractivity contribution in [2.75, 3.05) is 38.2 Å². The monoisotopic (exact) mass is 206 g/mol. The lowest BCUT2D eigenvalue weighted by Crippen LogP contribution is -2.43. The zero-order valence-electron chi connectivity index (χ0n) is 9.02. The topological polar surface area (TPSA) is 28.6 Å². The minimum Gasteiger partial charge on any atom is -0.481 e. The van der Waals surface area contributed by atoms with Gasteiger partial charge in [0.2, 0.25) is 5.88 Å². The van der Waals surface area contributed by atoms with E-state index in [1.54, 1.807) is 7.11 Å². The highest BCUT2D eigenvalue weighted by Crippen LogP contribution is 2.17. The van der Waals surface area contributed by atoms with Crippen LogP contribution in [0, 0.1) is 7.05 Å². The van der Waals surface area contributed by atoms with Gasteiger partial charge in [0, 0.05) is 19.2 Å². The predicted octanol–water partition coefficient (Wildman–Crippen LogP) is 1.00. The molecule has 0 bridgehead atoms. The molecule has 1 aromatic rings. The van der Waals surface area contributed by atoms with Crippen LogP contribution in [0.15, 0.2) is 18.3 Å². The van der Waals surface area contributed by atoms with Crippen molar-refractivity contribution in [1.29, 1.82) is 0 Å². The summed E-state index contributed by atoms with van der Waals surface area (Å²) < 4.78 is 5.03. The summed E-state index contributed by atoms with van der Waals surface area (Å²) in [5, 5.41) is 0. The Morgan fingerprint density at radius 2 is 2.00 bits per heavy atom. The van der Waals surface area contributed by atoms with Crippen molar-refractivity contribution < 1.29 is 4.74 Å². The second-order valence-corrected chi connectivity index (χ2v) is 3.66. The first-order valence-corrected chi connectivity index (χ1v) is 5.10. The van der Waals surface area contributed by atoms with Gasteiger partial charge in [-0.1, -0.05) is 0 Å². The van der Waals surface area contributed by atoms with Gasteiger partial charge < -0.3 is 14.5 Å². The van der Waals surface area contributed by atoms with Crippen LogP contribution in [0.4, 0.5) is 5.69 Å². The van der Waals surface area contributed by atoms with Crippen molar-refractivity contribution in [2.24, 2.45) is 0 Å². The number of nitrogens with zero attached hydrogens (tertiary/aromatic N) is 3. The molecule has 0 N–H and O–H groups in total. The Bertz CT molecular complexity index is 304. The van der Waals surface area contributed by atoms with E-state index in [2.05, 4.69) is 21.8 Å². The maximum Gasteiger partial charge on any atom is 0.213 e. The Morgan fingerprint density at radius 1 is 1.27 bits per heavy atom. The van der Waals surface area contributed by atoms with Gasteiger partial charge in [-0.25, -0.2) is 4.98 Å². The van der Waals surface area contributed by atoms with Gasteiger partial charge in [0.25, 0.3) is 0 Å². The van der Waals surface area contributed by atoms with E-state index in [9.17, 15) is 0 Å². The van der Waals surface area contributed by atoms with Crippen LogP contribution in [-0.2, 0) is 0 Å². The molecule has 0 saturated carbocycles. The van der Waals surface area contributed by atoms with Gasteiger partial charge >= 0.3 is 0 Å². The molecule has 15 heavy (non-hydrogen) atoms. The summed E-state index contributed by atoms with van der Waals surface area (Å²) in [4.78, 5) is 8.60. The molecule has 0 unspecified atom stereocenters. The largest absolute Gasteiger partial charge is 0.481 e. The summed E-state index contributed by atoms with van der Waals surface area (Å²) in [6.07, 6.45) is 1.86. The normalized spacial score (nSPS) is 17.9. The average Bonchev–Trinajstić information content (AvgIpc) is 2.30. The van der Waals surface area contributed by atoms with Crippen molar-refractivity contribution >= 4 is 5.69 Å². The molecule has 1 aliphatic rings. The summed E-state index contributed by atoms with van der Waals surface area (Å²) in [6.45, 7) is 4.03. The Hall–Kier alpha value is -1.29. The molecular weight excluding hydrogens is 190 g/mol. The van der Waals surface area contributed by atoms with Crippen molar-refractivity contribution in [1.82, 2.24) is 9.88 Å². The van der Waals surface area contributed by atoms with Crippen molar-refractivity contribution in [2.45, 2.75) is 0 Å². The number of pyridine rings is 1. The van der Waals surface area contributed by atoms with Crippen LogP contribution in [0.5, 0.6) is 5.88 Å². The lowest BCUT2D eigenvalue weighted by molar-refractivity contribution is 0.344. The molecule has 0 aromatic carbocycles. The van der Waals surface area contributed by atoms with Crippen LogP contribution in [0.3, 0.4) is 0 Å². The van der Waals surface area contributed by atoms with E-state index in [0.717, 1.165) is 31.9 Å². The molecule has 1 saturated heterocycles. The molecule has 2 heterocycles. The molecule has 1 aromatic heterocycles. The Kier molecular flexibility index (Phi) is 3.06. The first kappa shape index (κ1) is 10.2. The molecule has 0 radical (unpaired) electrons. The maximum absolute atomic E-state index is 5.03. The number of ether oxygens (including phenoxy) is 1. The summed E-state index contributed by atoms with van der Waals surface area (Å²) in [5.74, 6) is 0.662. The molecule has 0 atom stereocenters. The Balaban J connectivity index is 2.03. The lowest BCUT2D eigenvalue weighted by atomic mass is 10.3. The van der Waals surface area contributed by atoms with Crippen LogP contribution < -0.4 is 9.64 Å². The predicted molar refractivity (Wildman–Crippen MR) is 59.9 cm³/mol. The highest BCUT2D eigenvalue weighted by molar-refractivity contribution is 5.45. The minimum absolute atomic E-state index is 0.662. The number of hydrogen-bond donors (Lipinski definition) is 0. The van der Waals surface area contributed by atoms with E-state index in [-0.39, 0.29) is 0 Å². The van der Waals surface area contributed by atoms with Crippen LogP contribution in [0.25, 0.3) is 0 Å². The average molecular weight is 206 g/mol. The fraction of sp³-hybridized carbons (Fsp3) is 0.455. The lowest BCUT2D eigenvalue weighted by Gasteiger charge is -2.38. The fourth-order valence-corrected chi connectivity index (χ4v) is 1.69. The third-order valence-corrected chi connectivity index (χ3v) is 2.67. The third-order valence-electron chi connectivity index (χ3n) is 2.67. The standard InChI is InChI=1S/C11H16N3O/c1-13-5-7-14(8-6-13)10-3-4-11(15-2)12-9-10/h3-4,9H,1,5-8H2,2H3/q-1. The summed E-state index contributed by atoms with van der Waals surface area (Å²) in [5.41, 5.74) is 1.16. The van der Waals surface area contributed by atoms with Gasteiger partial charge in [0.15, 0.2) is 0 Å². The third kappa shape index (κ3) is 2.39. The molecule has 82 valence electrons. The zero-order valence-corrected chi connectivity index (χ0v) is 9.02. The number of hydrogen-bond acceptors (Lipinski definition) is 4. The van der Waals surface area contributed by atoms with Gasteiger partial charge in [0.1, 0.15) is 0 Å². The van der Waals surface area contributed by atoms with Gasteiger partial charge in [-0.15, -0.1) is 0 Å². The number of anilines is 1. The first-order valence-electron chi connectivity index (χ1n) is 5.10. The smallest absolute Gasteiger partial charge is 0.213 e. The van der Waals surface area contributed by atoms with Gasteiger partial charge in [-0.3, -0.25) is 7.05 Å². The van der Waals surface area contributed by atoms with Crippen LogP contribution in [0.2, 0.25) is 0 Å². The fourth-order valence-electron chi connectivity index (χ4n) is 1.69. The second-order valence-electron chi connectivity index (χ2n) is 3.66. The molecule has 1 aliphatic heterocycles. The number of aromatic nitrogens is 1. The minimum atomic E-state index is 0.662. The van der Waals surface area contributed by atoms with Gasteiger partial charge in [-0.05, 0) is 19.2 Å². The van der Waals surface area contributed by atoms with Crippen molar-refractivity contribution in [3.8, 4) is 5.88 Å². The maximum atomic E-state index is 5.03. The molecule has 1 fully saturated rings. The molecule has 0 spiro atoms. The van der Waals surface area contributed by atoms with Crippen LogP contribution in [0.1, 0.15) is 0 Å². The molecule has 0 amide bonds.